The summed E-state index contributed by atoms with van der Waals surface area (Å²) in [6.45, 7) is 4.46. The van der Waals surface area contributed by atoms with Crippen LogP contribution in [0.4, 0.5) is 0 Å². The Labute approximate surface area is 120 Å². The molecule has 6 nitrogen and oxygen atoms in total. The van der Waals surface area contributed by atoms with Crippen LogP contribution >= 0.6 is 0 Å². The highest BCUT2D eigenvalue weighted by Gasteiger charge is 2.32. The van der Waals surface area contributed by atoms with Crippen LogP contribution in [0.3, 0.4) is 0 Å². The first kappa shape index (κ1) is 15.3. The van der Waals surface area contributed by atoms with Crippen LogP contribution in [-0.2, 0) is 9.59 Å². The Kier molecular flexibility index (Phi) is 5.37. The maximum atomic E-state index is 12.1. The van der Waals surface area contributed by atoms with Crippen molar-refractivity contribution in [2.45, 2.75) is 44.7 Å². The van der Waals surface area contributed by atoms with E-state index in [1.807, 2.05) is 6.92 Å². The fourth-order valence-electron chi connectivity index (χ4n) is 2.63. The number of nitrogens with zero attached hydrogens (tertiary/aromatic N) is 1. The second-order valence-corrected chi connectivity index (χ2v) is 5.87. The Hall–Kier alpha value is -1.14. The van der Waals surface area contributed by atoms with E-state index in [1.54, 1.807) is 0 Å². The van der Waals surface area contributed by atoms with E-state index in [1.165, 1.54) is 0 Å². The molecule has 1 heterocycles. The first-order valence-electron chi connectivity index (χ1n) is 7.64. The van der Waals surface area contributed by atoms with Gasteiger partial charge in [0, 0.05) is 25.7 Å². The third-order valence-electron chi connectivity index (χ3n) is 4.12. The molecule has 0 spiro atoms. The number of carbonyl (C=O) groups is 2. The Bertz CT molecular complexity index is 357. The van der Waals surface area contributed by atoms with Crippen molar-refractivity contribution in [2.24, 2.45) is 11.7 Å². The molecule has 2 atom stereocenters. The zero-order chi connectivity index (χ0) is 14.5. The Morgan fingerprint density at radius 3 is 2.75 bits per heavy atom. The van der Waals surface area contributed by atoms with Crippen LogP contribution in [0.2, 0.25) is 0 Å². The molecule has 20 heavy (non-hydrogen) atoms. The number of hydrogen-bond acceptors (Lipinski definition) is 4. The molecule has 1 saturated heterocycles. The summed E-state index contributed by atoms with van der Waals surface area (Å²) < 4.78 is 0. The largest absolute Gasteiger partial charge is 0.355 e. The van der Waals surface area contributed by atoms with Gasteiger partial charge in [0.2, 0.25) is 11.8 Å². The van der Waals surface area contributed by atoms with E-state index in [0.29, 0.717) is 25.7 Å². The molecule has 114 valence electrons. The maximum Gasteiger partial charge on any atom is 0.237 e. The minimum Gasteiger partial charge on any atom is -0.355 e. The van der Waals surface area contributed by atoms with Gasteiger partial charge in [-0.15, -0.1) is 0 Å². The molecule has 0 radical (unpaired) electrons. The number of carbonyl (C=O) groups excluding carboxylic acids is 2. The van der Waals surface area contributed by atoms with Gasteiger partial charge >= 0.3 is 0 Å². The SMILES string of the molecule is CC(C(=O)NC1CC1)N1CCCC(C(=O)NCCN)C1. The number of rotatable bonds is 6. The minimum absolute atomic E-state index is 0.0218. The number of likely N-dealkylation sites (tertiary alicyclic amines) is 1. The van der Waals surface area contributed by atoms with Crippen molar-refractivity contribution in [1.29, 1.82) is 0 Å². The predicted octanol–water partition coefficient (Wildman–Crippen LogP) is -0.560. The lowest BCUT2D eigenvalue weighted by molar-refractivity contribution is -0.131. The van der Waals surface area contributed by atoms with Gasteiger partial charge < -0.3 is 16.4 Å². The van der Waals surface area contributed by atoms with Gasteiger partial charge in [-0.25, -0.2) is 0 Å². The number of hydrogen-bond donors (Lipinski definition) is 3. The van der Waals surface area contributed by atoms with Gasteiger partial charge in [0.05, 0.1) is 12.0 Å². The van der Waals surface area contributed by atoms with Gasteiger partial charge in [0.1, 0.15) is 0 Å². The van der Waals surface area contributed by atoms with E-state index in [-0.39, 0.29) is 23.8 Å². The fraction of sp³-hybridized carbons (Fsp3) is 0.857. The maximum absolute atomic E-state index is 12.1. The summed E-state index contributed by atoms with van der Waals surface area (Å²) in [6, 6.07) is 0.235. The van der Waals surface area contributed by atoms with Gasteiger partial charge in [-0.1, -0.05) is 0 Å². The van der Waals surface area contributed by atoms with Crippen LogP contribution in [0.15, 0.2) is 0 Å². The molecule has 6 heteroatoms. The van der Waals surface area contributed by atoms with Gasteiger partial charge in [0.15, 0.2) is 0 Å². The van der Waals surface area contributed by atoms with Crippen LogP contribution in [-0.4, -0.2) is 55.0 Å². The molecule has 2 amide bonds. The number of nitrogens with one attached hydrogen (secondary N) is 2. The van der Waals surface area contributed by atoms with Crippen molar-refractivity contribution >= 4 is 11.8 Å². The molecule has 2 unspecified atom stereocenters. The molecule has 0 aromatic carbocycles. The Balaban J connectivity index is 1.82. The standard InChI is InChI=1S/C14H26N4O2/c1-10(13(19)17-12-4-5-12)18-8-2-3-11(9-18)14(20)16-7-6-15/h10-12H,2-9,15H2,1H3,(H,16,20)(H,17,19). The summed E-state index contributed by atoms with van der Waals surface area (Å²) in [6.07, 6.45) is 4.05. The average Bonchev–Trinajstić information content (AvgIpc) is 3.27. The van der Waals surface area contributed by atoms with Crippen molar-refractivity contribution in [3.8, 4) is 0 Å². The first-order valence-corrected chi connectivity index (χ1v) is 7.64. The third-order valence-corrected chi connectivity index (χ3v) is 4.12. The minimum atomic E-state index is -0.152. The number of nitrogens with two attached hydrogens (primary N) is 1. The highest BCUT2D eigenvalue weighted by atomic mass is 16.2. The van der Waals surface area contributed by atoms with Crippen LogP contribution in [0.25, 0.3) is 0 Å². The highest BCUT2D eigenvalue weighted by molar-refractivity contribution is 5.82. The summed E-state index contributed by atoms with van der Waals surface area (Å²) in [5, 5.41) is 5.87. The first-order chi connectivity index (χ1) is 9.61. The van der Waals surface area contributed by atoms with Crippen molar-refractivity contribution in [3.63, 3.8) is 0 Å². The molecule has 1 aliphatic heterocycles. The molecule has 2 aliphatic rings. The molecule has 2 fully saturated rings. The predicted molar refractivity (Wildman–Crippen MR) is 77.0 cm³/mol. The zero-order valence-electron chi connectivity index (χ0n) is 12.2. The number of amides is 2. The molecule has 0 aromatic rings. The molecule has 4 N–H and O–H groups in total. The molecular weight excluding hydrogens is 256 g/mol. The van der Waals surface area contributed by atoms with Crippen LogP contribution in [0.1, 0.15) is 32.6 Å². The van der Waals surface area contributed by atoms with Crippen molar-refractivity contribution in [2.75, 3.05) is 26.2 Å². The van der Waals surface area contributed by atoms with Crippen molar-refractivity contribution in [1.82, 2.24) is 15.5 Å². The fourth-order valence-corrected chi connectivity index (χ4v) is 2.63. The van der Waals surface area contributed by atoms with Crippen LogP contribution in [0.5, 0.6) is 0 Å². The topological polar surface area (TPSA) is 87.5 Å². The second-order valence-electron chi connectivity index (χ2n) is 5.87. The van der Waals surface area contributed by atoms with E-state index in [4.69, 9.17) is 5.73 Å². The smallest absolute Gasteiger partial charge is 0.237 e. The Morgan fingerprint density at radius 2 is 2.10 bits per heavy atom. The van der Waals surface area contributed by atoms with Crippen LogP contribution in [0, 0.1) is 5.92 Å². The summed E-state index contributed by atoms with van der Waals surface area (Å²) in [5.74, 6) is 0.136. The lowest BCUT2D eigenvalue weighted by Gasteiger charge is -2.35. The van der Waals surface area contributed by atoms with Crippen LogP contribution < -0.4 is 16.4 Å². The summed E-state index contributed by atoms with van der Waals surface area (Å²) in [5.41, 5.74) is 5.40. The average molecular weight is 282 g/mol. The van der Waals surface area contributed by atoms with E-state index < -0.39 is 0 Å². The van der Waals surface area contributed by atoms with E-state index in [9.17, 15) is 9.59 Å². The summed E-state index contributed by atoms with van der Waals surface area (Å²) >= 11 is 0. The lowest BCUT2D eigenvalue weighted by atomic mass is 9.96. The van der Waals surface area contributed by atoms with E-state index >= 15 is 0 Å². The van der Waals surface area contributed by atoms with Crippen molar-refractivity contribution < 1.29 is 9.59 Å². The molecule has 0 bridgehead atoms. The molecule has 2 rings (SSSR count). The quantitative estimate of drug-likeness (QED) is 0.609. The third kappa shape index (κ3) is 4.18. The molecule has 0 aromatic heterocycles. The highest BCUT2D eigenvalue weighted by Crippen LogP contribution is 2.21. The summed E-state index contributed by atoms with van der Waals surface area (Å²) in [4.78, 5) is 26.2. The zero-order valence-corrected chi connectivity index (χ0v) is 12.2. The summed E-state index contributed by atoms with van der Waals surface area (Å²) in [7, 11) is 0. The van der Waals surface area contributed by atoms with Gasteiger partial charge in [-0.2, -0.15) is 0 Å². The lowest BCUT2D eigenvalue weighted by Crippen LogP contribution is -2.52. The monoisotopic (exact) mass is 282 g/mol. The number of piperidine rings is 1. The molecule has 1 saturated carbocycles. The van der Waals surface area contributed by atoms with Gasteiger partial charge in [-0.05, 0) is 39.2 Å². The van der Waals surface area contributed by atoms with E-state index in [2.05, 4.69) is 15.5 Å². The molecular formula is C14H26N4O2. The normalized spacial score (nSPS) is 25.0. The van der Waals surface area contributed by atoms with Crippen molar-refractivity contribution in [3.05, 3.63) is 0 Å². The van der Waals surface area contributed by atoms with E-state index in [0.717, 1.165) is 32.2 Å². The van der Waals surface area contributed by atoms with Gasteiger partial charge in [-0.3, -0.25) is 14.5 Å². The van der Waals surface area contributed by atoms with Gasteiger partial charge in [0.25, 0.3) is 0 Å². The Morgan fingerprint density at radius 1 is 1.35 bits per heavy atom. The second kappa shape index (κ2) is 7.04. The molecule has 1 aliphatic carbocycles.